The summed E-state index contributed by atoms with van der Waals surface area (Å²) in [5, 5.41) is 4.64. The summed E-state index contributed by atoms with van der Waals surface area (Å²) in [5.74, 6) is 0.456. The Labute approximate surface area is 203 Å². The van der Waals surface area contributed by atoms with Gasteiger partial charge in [0.15, 0.2) is 0 Å². The van der Waals surface area contributed by atoms with Crippen molar-refractivity contribution in [2.24, 2.45) is 5.10 Å². The van der Waals surface area contributed by atoms with E-state index >= 15 is 0 Å². The summed E-state index contributed by atoms with van der Waals surface area (Å²) in [6.07, 6.45) is 5.50. The molecule has 0 spiro atoms. The number of carbonyl (C=O) groups excluding carboxylic acids is 1. The number of hydrazone groups is 1. The standard InChI is InChI=1S/C28H27N5O2/c1-32(22-8-4-2-5-9-22)23-14-11-20(12-15-23)19-29-31-27(34)21-13-16-24-25(18-21)30-26-10-6-3-7-17-33(26)28(24)35/h2,4-5,8-9,11-16,18-19H,3,6-7,10,17H2,1H3,(H,31,34)/b29-19+. The second-order valence-electron chi connectivity index (χ2n) is 8.71. The van der Waals surface area contributed by atoms with Crippen molar-refractivity contribution in [1.82, 2.24) is 15.0 Å². The van der Waals surface area contributed by atoms with Gasteiger partial charge in [0, 0.05) is 37.0 Å². The molecule has 1 amide bonds. The summed E-state index contributed by atoms with van der Waals surface area (Å²) in [6.45, 7) is 0.706. The van der Waals surface area contributed by atoms with E-state index in [2.05, 4.69) is 27.6 Å². The van der Waals surface area contributed by atoms with Crippen LogP contribution < -0.4 is 15.9 Å². The molecule has 35 heavy (non-hydrogen) atoms. The smallest absolute Gasteiger partial charge is 0.271 e. The van der Waals surface area contributed by atoms with Crippen LogP contribution in [-0.4, -0.2) is 28.7 Å². The van der Waals surface area contributed by atoms with Gasteiger partial charge in [-0.15, -0.1) is 0 Å². The van der Waals surface area contributed by atoms with E-state index in [9.17, 15) is 9.59 Å². The minimum Gasteiger partial charge on any atom is -0.345 e. The fourth-order valence-corrected chi connectivity index (χ4v) is 4.37. The Balaban J connectivity index is 1.28. The summed E-state index contributed by atoms with van der Waals surface area (Å²) in [6, 6.07) is 23.0. The van der Waals surface area contributed by atoms with E-state index in [1.165, 1.54) is 0 Å². The van der Waals surface area contributed by atoms with E-state index in [4.69, 9.17) is 4.98 Å². The number of hydrogen-bond acceptors (Lipinski definition) is 5. The van der Waals surface area contributed by atoms with Gasteiger partial charge in [0.2, 0.25) is 0 Å². The fourth-order valence-electron chi connectivity index (χ4n) is 4.37. The van der Waals surface area contributed by atoms with Crippen LogP contribution in [0.25, 0.3) is 10.9 Å². The van der Waals surface area contributed by atoms with Gasteiger partial charge in [0.1, 0.15) is 5.82 Å². The lowest BCUT2D eigenvalue weighted by atomic mass is 10.1. The molecule has 1 aromatic heterocycles. The molecule has 0 unspecified atom stereocenters. The highest BCUT2D eigenvalue weighted by Crippen LogP contribution is 2.23. The number of para-hydroxylation sites is 1. The molecule has 1 aliphatic heterocycles. The molecular weight excluding hydrogens is 438 g/mol. The zero-order valence-electron chi connectivity index (χ0n) is 19.6. The van der Waals surface area contributed by atoms with Gasteiger partial charge in [0.05, 0.1) is 17.1 Å². The lowest BCUT2D eigenvalue weighted by Crippen LogP contribution is -2.25. The fraction of sp³-hybridized carbons (Fsp3) is 0.214. The second kappa shape index (κ2) is 9.93. The Kier molecular flexibility index (Phi) is 6.39. The van der Waals surface area contributed by atoms with E-state index in [0.29, 0.717) is 23.0 Å². The van der Waals surface area contributed by atoms with E-state index in [1.807, 2.05) is 49.5 Å². The largest absolute Gasteiger partial charge is 0.345 e. The zero-order valence-corrected chi connectivity index (χ0v) is 19.6. The van der Waals surface area contributed by atoms with E-state index in [1.54, 1.807) is 29.0 Å². The number of fused-ring (bicyclic) bond motifs is 2. The monoisotopic (exact) mass is 465 g/mol. The normalized spacial score (nSPS) is 13.4. The Bertz CT molecular complexity index is 1440. The van der Waals surface area contributed by atoms with Crippen LogP contribution in [0.1, 0.15) is 41.0 Å². The number of hydrogen-bond donors (Lipinski definition) is 1. The van der Waals surface area contributed by atoms with Gasteiger partial charge >= 0.3 is 0 Å². The maximum absolute atomic E-state index is 12.9. The third kappa shape index (κ3) is 4.84. The number of benzene rings is 3. The maximum Gasteiger partial charge on any atom is 0.271 e. The molecule has 0 atom stereocenters. The van der Waals surface area contributed by atoms with Gasteiger partial charge < -0.3 is 4.90 Å². The first kappa shape index (κ1) is 22.5. The Hall–Kier alpha value is -4.26. The quantitative estimate of drug-likeness (QED) is 0.344. The van der Waals surface area contributed by atoms with Crippen LogP contribution in [0.2, 0.25) is 0 Å². The average molecular weight is 466 g/mol. The van der Waals surface area contributed by atoms with Crippen molar-refractivity contribution in [3.63, 3.8) is 0 Å². The number of nitrogens with one attached hydrogen (secondary N) is 1. The minimum absolute atomic E-state index is 0.0294. The van der Waals surface area contributed by atoms with Crippen LogP contribution in [0, 0.1) is 0 Å². The number of aryl methyl sites for hydroxylation is 1. The number of rotatable bonds is 5. The summed E-state index contributed by atoms with van der Waals surface area (Å²) >= 11 is 0. The molecule has 0 saturated heterocycles. The van der Waals surface area contributed by atoms with Crippen LogP contribution >= 0.6 is 0 Å². The van der Waals surface area contributed by atoms with Crippen LogP contribution in [0.4, 0.5) is 11.4 Å². The molecule has 2 heterocycles. The van der Waals surface area contributed by atoms with Gasteiger partial charge in [0.25, 0.3) is 11.5 Å². The molecule has 4 aromatic rings. The molecule has 0 bridgehead atoms. The summed E-state index contributed by atoms with van der Waals surface area (Å²) in [7, 11) is 2.02. The molecule has 1 aliphatic rings. The average Bonchev–Trinajstić information content (AvgIpc) is 3.15. The number of aromatic nitrogens is 2. The van der Waals surface area contributed by atoms with Crippen molar-refractivity contribution in [2.75, 3.05) is 11.9 Å². The Morgan fingerprint density at radius 3 is 2.57 bits per heavy atom. The van der Waals surface area contributed by atoms with E-state index in [-0.39, 0.29) is 11.5 Å². The van der Waals surface area contributed by atoms with E-state index in [0.717, 1.165) is 48.4 Å². The Morgan fingerprint density at radius 1 is 1.00 bits per heavy atom. The molecule has 7 nitrogen and oxygen atoms in total. The molecule has 0 aliphatic carbocycles. The van der Waals surface area contributed by atoms with Crippen molar-refractivity contribution in [3.05, 3.63) is 100 Å². The third-order valence-corrected chi connectivity index (χ3v) is 6.38. The molecule has 0 saturated carbocycles. The van der Waals surface area contributed by atoms with Crippen LogP contribution in [0.5, 0.6) is 0 Å². The lowest BCUT2D eigenvalue weighted by molar-refractivity contribution is 0.0955. The van der Waals surface area contributed by atoms with E-state index < -0.39 is 0 Å². The third-order valence-electron chi connectivity index (χ3n) is 6.38. The molecular formula is C28H27N5O2. The van der Waals surface area contributed by atoms with Crippen LogP contribution in [0.3, 0.4) is 0 Å². The van der Waals surface area contributed by atoms with Gasteiger partial charge in [-0.25, -0.2) is 10.4 Å². The minimum atomic E-state index is -0.347. The summed E-state index contributed by atoms with van der Waals surface area (Å²) < 4.78 is 1.78. The first-order chi connectivity index (χ1) is 17.1. The highest BCUT2D eigenvalue weighted by atomic mass is 16.2. The molecule has 3 aromatic carbocycles. The first-order valence-corrected chi connectivity index (χ1v) is 11.9. The maximum atomic E-state index is 12.9. The molecule has 176 valence electrons. The highest BCUT2D eigenvalue weighted by molar-refractivity contribution is 5.98. The molecule has 5 rings (SSSR count). The van der Waals surface area contributed by atoms with Crippen molar-refractivity contribution < 1.29 is 4.79 Å². The molecule has 0 radical (unpaired) electrons. The number of amides is 1. The van der Waals surface area contributed by atoms with Crippen LogP contribution in [0.15, 0.2) is 82.7 Å². The van der Waals surface area contributed by atoms with Crippen molar-refractivity contribution in [3.8, 4) is 0 Å². The van der Waals surface area contributed by atoms with Gasteiger partial charge in [-0.3, -0.25) is 14.2 Å². The zero-order chi connectivity index (χ0) is 24.2. The number of carbonyl (C=O) groups is 1. The highest BCUT2D eigenvalue weighted by Gasteiger charge is 2.15. The van der Waals surface area contributed by atoms with Gasteiger partial charge in [-0.1, -0.05) is 36.8 Å². The number of anilines is 2. The van der Waals surface area contributed by atoms with Crippen molar-refractivity contribution in [2.45, 2.75) is 32.2 Å². The summed E-state index contributed by atoms with van der Waals surface area (Å²) in [5.41, 5.74) is 6.53. The Morgan fingerprint density at radius 2 is 1.77 bits per heavy atom. The molecule has 7 heteroatoms. The predicted molar refractivity (Wildman–Crippen MR) is 140 cm³/mol. The van der Waals surface area contributed by atoms with Crippen molar-refractivity contribution in [1.29, 1.82) is 0 Å². The predicted octanol–water partition coefficient (Wildman–Crippen LogP) is 4.65. The second-order valence-corrected chi connectivity index (χ2v) is 8.71. The molecule has 1 N–H and O–H groups in total. The summed E-state index contributed by atoms with van der Waals surface area (Å²) in [4.78, 5) is 32.3. The van der Waals surface area contributed by atoms with Crippen LogP contribution in [-0.2, 0) is 13.0 Å². The van der Waals surface area contributed by atoms with Gasteiger partial charge in [-0.2, -0.15) is 5.10 Å². The molecule has 0 fully saturated rings. The first-order valence-electron chi connectivity index (χ1n) is 11.9. The number of nitrogens with zero attached hydrogens (tertiary/aromatic N) is 4. The van der Waals surface area contributed by atoms with Gasteiger partial charge in [-0.05, 0) is 60.9 Å². The SMILES string of the molecule is CN(c1ccccc1)c1ccc(/C=N/NC(=O)c2ccc3c(=O)n4c(nc3c2)CCCCC4)cc1. The van der Waals surface area contributed by atoms with Crippen molar-refractivity contribution >= 4 is 34.4 Å². The lowest BCUT2D eigenvalue weighted by Gasteiger charge is -2.19. The topological polar surface area (TPSA) is 79.6 Å².